The van der Waals surface area contributed by atoms with Crippen LogP contribution in [0.5, 0.6) is 0 Å². The Morgan fingerprint density at radius 2 is 1.80 bits per heavy atom. The zero-order valence-corrected chi connectivity index (χ0v) is 15.2. The summed E-state index contributed by atoms with van der Waals surface area (Å²) in [6.45, 7) is 8.57. The van der Waals surface area contributed by atoms with Gasteiger partial charge in [0.15, 0.2) is 6.61 Å². The van der Waals surface area contributed by atoms with E-state index in [0.717, 1.165) is 16.8 Å². The zero-order chi connectivity index (χ0) is 18.7. The number of amides is 1. The molecule has 1 aromatic carbocycles. The molecule has 1 aromatic heterocycles. The molecule has 0 bridgehead atoms. The number of rotatable bonds is 5. The highest BCUT2D eigenvalue weighted by molar-refractivity contribution is 5.96. The van der Waals surface area contributed by atoms with Crippen molar-refractivity contribution in [3.8, 4) is 0 Å². The van der Waals surface area contributed by atoms with Crippen LogP contribution in [0, 0.1) is 27.7 Å². The number of ether oxygens (including phenoxy) is 1. The summed E-state index contributed by atoms with van der Waals surface area (Å²) in [5, 5.41) is 12.5. The molecule has 2 rings (SSSR count). The molecule has 25 heavy (non-hydrogen) atoms. The second kappa shape index (κ2) is 7.53. The number of benzene rings is 1. The number of para-hydroxylation sites is 1. The molecule has 0 aliphatic rings. The number of aryl methyl sites for hydroxylation is 3. The maximum absolute atomic E-state index is 12.2. The van der Waals surface area contributed by atoms with Gasteiger partial charge in [-0.2, -0.15) is 0 Å². The van der Waals surface area contributed by atoms with Crippen LogP contribution in [0.25, 0.3) is 0 Å². The van der Waals surface area contributed by atoms with Crippen molar-refractivity contribution in [3.63, 3.8) is 0 Å². The van der Waals surface area contributed by atoms with Crippen LogP contribution in [0.4, 0.5) is 5.69 Å². The van der Waals surface area contributed by atoms with Crippen molar-refractivity contribution in [1.82, 2.24) is 4.98 Å². The van der Waals surface area contributed by atoms with E-state index in [0.29, 0.717) is 16.8 Å². The predicted molar refractivity (Wildman–Crippen MR) is 95.7 cm³/mol. The zero-order valence-electron chi connectivity index (χ0n) is 15.2. The standard InChI is InChI=1S/C19H24N2O4/c1-10-7-6-8-11(2)17(10)21-15(23)9-25-19(24)18-12(3)16(14(5)22)13(4)20-18/h6-8,14,20,22H,9H2,1-5H3,(H,21,23)/t14-/m1/s1. The molecule has 0 saturated heterocycles. The van der Waals surface area contributed by atoms with Crippen molar-refractivity contribution in [2.75, 3.05) is 11.9 Å². The molecule has 1 amide bonds. The highest BCUT2D eigenvalue weighted by Gasteiger charge is 2.21. The number of nitrogens with one attached hydrogen (secondary N) is 2. The van der Waals surface area contributed by atoms with E-state index >= 15 is 0 Å². The Bertz CT molecular complexity index is 786. The third kappa shape index (κ3) is 4.09. The van der Waals surface area contributed by atoms with E-state index in [4.69, 9.17) is 4.74 Å². The maximum atomic E-state index is 12.2. The van der Waals surface area contributed by atoms with Crippen LogP contribution in [0.3, 0.4) is 0 Å². The molecule has 0 spiro atoms. The van der Waals surface area contributed by atoms with Crippen molar-refractivity contribution < 1.29 is 19.4 Å². The number of carbonyl (C=O) groups is 2. The first-order chi connectivity index (χ1) is 11.7. The Balaban J connectivity index is 2.03. The summed E-state index contributed by atoms with van der Waals surface area (Å²) in [5.74, 6) is -1.02. The number of aromatic amines is 1. The predicted octanol–water partition coefficient (Wildman–Crippen LogP) is 3.10. The topological polar surface area (TPSA) is 91.4 Å². The van der Waals surface area contributed by atoms with Crippen LogP contribution >= 0.6 is 0 Å². The monoisotopic (exact) mass is 344 g/mol. The molecule has 3 N–H and O–H groups in total. The van der Waals surface area contributed by atoms with E-state index < -0.39 is 18.0 Å². The van der Waals surface area contributed by atoms with Gasteiger partial charge in [0, 0.05) is 16.9 Å². The number of hydrogen-bond acceptors (Lipinski definition) is 4. The first-order valence-corrected chi connectivity index (χ1v) is 8.12. The van der Waals surface area contributed by atoms with Crippen molar-refractivity contribution in [2.24, 2.45) is 0 Å². The van der Waals surface area contributed by atoms with E-state index in [-0.39, 0.29) is 12.3 Å². The van der Waals surface area contributed by atoms with E-state index in [1.807, 2.05) is 32.0 Å². The van der Waals surface area contributed by atoms with E-state index in [9.17, 15) is 14.7 Å². The van der Waals surface area contributed by atoms with E-state index in [1.54, 1.807) is 20.8 Å². The molecule has 1 atom stereocenters. The molecular formula is C19H24N2O4. The van der Waals surface area contributed by atoms with Gasteiger partial charge in [0.05, 0.1) is 6.10 Å². The van der Waals surface area contributed by atoms with Gasteiger partial charge in [0.2, 0.25) is 0 Å². The Morgan fingerprint density at radius 3 is 2.32 bits per heavy atom. The summed E-state index contributed by atoms with van der Waals surface area (Å²) in [7, 11) is 0. The number of esters is 1. The van der Waals surface area contributed by atoms with Gasteiger partial charge in [-0.3, -0.25) is 4.79 Å². The van der Waals surface area contributed by atoms with Gasteiger partial charge < -0.3 is 20.1 Å². The van der Waals surface area contributed by atoms with Crippen LogP contribution in [-0.2, 0) is 9.53 Å². The first kappa shape index (κ1) is 18.7. The lowest BCUT2D eigenvalue weighted by Gasteiger charge is -2.11. The fourth-order valence-corrected chi connectivity index (χ4v) is 2.99. The number of carbonyl (C=O) groups excluding carboxylic acids is 2. The van der Waals surface area contributed by atoms with Crippen LogP contribution < -0.4 is 5.32 Å². The highest BCUT2D eigenvalue weighted by atomic mass is 16.5. The molecule has 0 unspecified atom stereocenters. The van der Waals surface area contributed by atoms with Crippen molar-refractivity contribution >= 4 is 17.6 Å². The number of hydrogen-bond donors (Lipinski definition) is 3. The Morgan fingerprint density at radius 1 is 1.20 bits per heavy atom. The van der Waals surface area contributed by atoms with Gasteiger partial charge >= 0.3 is 5.97 Å². The summed E-state index contributed by atoms with van der Waals surface area (Å²) in [6.07, 6.45) is -0.690. The molecule has 0 radical (unpaired) electrons. The third-order valence-corrected chi connectivity index (χ3v) is 4.20. The summed E-state index contributed by atoms with van der Waals surface area (Å²) >= 11 is 0. The number of anilines is 1. The molecule has 0 aliphatic heterocycles. The molecular weight excluding hydrogens is 320 g/mol. The van der Waals surface area contributed by atoms with Crippen LogP contribution in [0.1, 0.15) is 51.5 Å². The summed E-state index contributed by atoms with van der Waals surface area (Å²) < 4.78 is 5.11. The van der Waals surface area contributed by atoms with Crippen LogP contribution in [0.15, 0.2) is 18.2 Å². The minimum Gasteiger partial charge on any atom is -0.451 e. The number of aliphatic hydroxyl groups excluding tert-OH is 1. The summed E-state index contributed by atoms with van der Waals surface area (Å²) in [5.41, 5.74) is 4.88. The Hall–Kier alpha value is -2.60. The second-order valence-electron chi connectivity index (χ2n) is 6.23. The molecule has 6 heteroatoms. The Labute approximate surface area is 147 Å². The van der Waals surface area contributed by atoms with Gasteiger partial charge in [-0.25, -0.2) is 4.79 Å². The van der Waals surface area contributed by atoms with Crippen LogP contribution in [0.2, 0.25) is 0 Å². The summed E-state index contributed by atoms with van der Waals surface area (Å²) in [4.78, 5) is 27.2. The molecule has 2 aromatic rings. The van der Waals surface area contributed by atoms with Gasteiger partial charge in [-0.1, -0.05) is 18.2 Å². The smallest absolute Gasteiger partial charge is 0.355 e. The average molecular weight is 344 g/mol. The quantitative estimate of drug-likeness (QED) is 0.727. The first-order valence-electron chi connectivity index (χ1n) is 8.12. The van der Waals surface area contributed by atoms with E-state index in [1.165, 1.54) is 0 Å². The largest absolute Gasteiger partial charge is 0.451 e. The fourth-order valence-electron chi connectivity index (χ4n) is 2.99. The maximum Gasteiger partial charge on any atom is 0.355 e. The van der Waals surface area contributed by atoms with Crippen molar-refractivity contribution in [2.45, 2.75) is 40.7 Å². The normalized spacial score (nSPS) is 11.9. The lowest BCUT2D eigenvalue weighted by molar-refractivity contribution is -0.119. The molecule has 0 fully saturated rings. The van der Waals surface area contributed by atoms with Crippen molar-refractivity contribution in [1.29, 1.82) is 0 Å². The molecule has 0 aliphatic carbocycles. The average Bonchev–Trinajstić information content (AvgIpc) is 2.83. The highest BCUT2D eigenvalue weighted by Crippen LogP contribution is 2.25. The lowest BCUT2D eigenvalue weighted by atomic mass is 10.1. The number of aromatic nitrogens is 1. The van der Waals surface area contributed by atoms with Gasteiger partial charge in [0.25, 0.3) is 5.91 Å². The molecule has 1 heterocycles. The van der Waals surface area contributed by atoms with Crippen molar-refractivity contribution in [3.05, 3.63) is 51.8 Å². The number of aliphatic hydroxyl groups is 1. The molecule has 134 valence electrons. The van der Waals surface area contributed by atoms with Gasteiger partial charge in [-0.05, 0) is 51.3 Å². The minimum atomic E-state index is -0.690. The molecule has 6 nitrogen and oxygen atoms in total. The minimum absolute atomic E-state index is 0.258. The van der Waals surface area contributed by atoms with Gasteiger partial charge in [0.1, 0.15) is 5.69 Å². The fraction of sp³-hybridized carbons (Fsp3) is 0.368. The number of H-pyrrole nitrogens is 1. The Kier molecular flexibility index (Phi) is 5.64. The molecule has 0 saturated carbocycles. The third-order valence-electron chi connectivity index (χ3n) is 4.20. The van der Waals surface area contributed by atoms with Gasteiger partial charge in [-0.15, -0.1) is 0 Å². The lowest BCUT2D eigenvalue weighted by Crippen LogP contribution is -2.22. The second-order valence-corrected chi connectivity index (χ2v) is 6.23. The van der Waals surface area contributed by atoms with Crippen LogP contribution in [-0.4, -0.2) is 28.6 Å². The van der Waals surface area contributed by atoms with E-state index in [2.05, 4.69) is 10.3 Å². The SMILES string of the molecule is Cc1cccc(C)c1NC(=O)COC(=O)c1[nH]c(C)c([C@@H](C)O)c1C. The summed E-state index contributed by atoms with van der Waals surface area (Å²) in [6, 6.07) is 5.71.